The van der Waals surface area contributed by atoms with E-state index >= 15 is 0 Å². The minimum absolute atomic E-state index is 0.321. The van der Waals surface area contributed by atoms with E-state index in [0.717, 1.165) is 31.6 Å². The highest BCUT2D eigenvalue weighted by molar-refractivity contribution is 6.07. The van der Waals surface area contributed by atoms with Crippen molar-refractivity contribution < 1.29 is 14.3 Å². The lowest BCUT2D eigenvalue weighted by atomic mass is 10.1. The number of carbonyl (C=O) groups is 1. The van der Waals surface area contributed by atoms with Crippen LogP contribution >= 0.6 is 0 Å². The molecule has 2 rings (SSSR count). The SMILES string of the molecule is CCCN(CCC)c1ccc(NC(=O)c2c(OC)cccc2OC)nc1. The number of methoxy groups -OCH3 is 2. The van der Waals surface area contributed by atoms with Crippen LogP contribution in [0.3, 0.4) is 0 Å². The Morgan fingerprint density at radius 1 is 1.04 bits per heavy atom. The predicted octanol–water partition coefficient (Wildman–Crippen LogP) is 3.98. The Morgan fingerprint density at radius 3 is 2.12 bits per heavy atom. The zero-order valence-corrected chi connectivity index (χ0v) is 15.9. The van der Waals surface area contributed by atoms with Crippen LogP contribution in [0, 0.1) is 0 Å². The molecule has 140 valence electrons. The maximum atomic E-state index is 12.7. The highest BCUT2D eigenvalue weighted by atomic mass is 16.5. The summed E-state index contributed by atoms with van der Waals surface area (Å²) in [6.07, 6.45) is 3.94. The van der Waals surface area contributed by atoms with E-state index in [1.165, 1.54) is 14.2 Å². The smallest absolute Gasteiger partial charge is 0.264 e. The van der Waals surface area contributed by atoms with E-state index < -0.39 is 0 Å². The summed E-state index contributed by atoms with van der Waals surface area (Å²) in [5, 5.41) is 2.81. The van der Waals surface area contributed by atoms with Gasteiger partial charge in [-0.25, -0.2) is 4.98 Å². The molecule has 0 saturated carbocycles. The third-order valence-corrected chi connectivity index (χ3v) is 4.00. The van der Waals surface area contributed by atoms with Gasteiger partial charge >= 0.3 is 0 Å². The van der Waals surface area contributed by atoms with Crippen molar-refractivity contribution in [1.29, 1.82) is 0 Å². The number of pyridine rings is 1. The maximum Gasteiger partial charge on any atom is 0.264 e. The standard InChI is InChI=1S/C20H27N3O3/c1-5-12-23(13-6-2)15-10-11-18(21-14-15)22-20(24)19-16(25-3)8-7-9-17(19)26-4/h7-11,14H,5-6,12-13H2,1-4H3,(H,21,22,24). The Bertz CT molecular complexity index is 688. The predicted molar refractivity (Wildman–Crippen MR) is 105 cm³/mol. The summed E-state index contributed by atoms with van der Waals surface area (Å²) in [4.78, 5) is 19.4. The average molecular weight is 357 g/mol. The van der Waals surface area contributed by atoms with Crippen molar-refractivity contribution in [2.45, 2.75) is 26.7 Å². The van der Waals surface area contributed by atoms with Gasteiger partial charge in [-0.15, -0.1) is 0 Å². The van der Waals surface area contributed by atoms with Crippen LogP contribution in [-0.2, 0) is 0 Å². The van der Waals surface area contributed by atoms with E-state index in [2.05, 4.69) is 29.0 Å². The van der Waals surface area contributed by atoms with Gasteiger partial charge in [0.05, 0.1) is 26.1 Å². The summed E-state index contributed by atoms with van der Waals surface area (Å²) < 4.78 is 10.6. The molecule has 0 atom stereocenters. The van der Waals surface area contributed by atoms with Gasteiger partial charge in [0, 0.05) is 13.1 Å². The molecule has 6 nitrogen and oxygen atoms in total. The summed E-state index contributed by atoms with van der Waals surface area (Å²) in [5.74, 6) is 1.07. The van der Waals surface area contributed by atoms with Gasteiger partial charge in [-0.3, -0.25) is 4.79 Å². The molecule has 26 heavy (non-hydrogen) atoms. The number of anilines is 2. The molecule has 2 aromatic rings. The first-order chi connectivity index (χ1) is 12.6. The maximum absolute atomic E-state index is 12.7. The quantitative estimate of drug-likeness (QED) is 0.735. The van der Waals surface area contributed by atoms with Gasteiger partial charge in [0.1, 0.15) is 22.9 Å². The van der Waals surface area contributed by atoms with Crippen LogP contribution in [0.4, 0.5) is 11.5 Å². The molecule has 0 aliphatic heterocycles. The summed E-state index contributed by atoms with van der Waals surface area (Å²) in [6, 6.07) is 9.01. The molecule has 0 aliphatic carbocycles. The van der Waals surface area contributed by atoms with Crippen LogP contribution in [0.1, 0.15) is 37.0 Å². The summed E-state index contributed by atoms with van der Waals surface area (Å²) in [5.41, 5.74) is 1.41. The van der Waals surface area contributed by atoms with Crippen molar-refractivity contribution >= 4 is 17.4 Å². The molecule has 0 fully saturated rings. The van der Waals surface area contributed by atoms with Crippen LogP contribution in [0.15, 0.2) is 36.5 Å². The van der Waals surface area contributed by atoms with Crippen LogP contribution < -0.4 is 19.7 Å². The zero-order chi connectivity index (χ0) is 18.9. The van der Waals surface area contributed by atoms with E-state index in [-0.39, 0.29) is 5.91 Å². The number of nitrogens with one attached hydrogen (secondary N) is 1. The number of hydrogen-bond donors (Lipinski definition) is 1. The molecule has 1 N–H and O–H groups in total. The van der Waals surface area contributed by atoms with Gasteiger partial charge in [0.25, 0.3) is 5.91 Å². The lowest BCUT2D eigenvalue weighted by Gasteiger charge is -2.23. The van der Waals surface area contributed by atoms with Crippen LogP contribution in [-0.4, -0.2) is 38.2 Å². The lowest BCUT2D eigenvalue weighted by molar-refractivity contribution is 0.102. The third-order valence-electron chi connectivity index (χ3n) is 4.00. The fourth-order valence-electron chi connectivity index (χ4n) is 2.81. The molecular weight excluding hydrogens is 330 g/mol. The first-order valence-electron chi connectivity index (χ1n) is 8.87. The molecule has 6 heteroatoms. The normalized spacial score (nSPS) is 10.3. The van der Waals surface area contributed by atoms with Gasteiger partial charge in [-0.1, -0.05) is 19.9 Å². The molecule has 1 aromatic heterocycles. The van der Waals surface area contributed by atoms with Gasteiger partial charge < -0.3 is 19.7 Å². The molecule has 0 saturated heterocycles. The molecule has 1 aromatic carbocycles. The number of aromatic nitrogens is 1. The largest absolute Gasteiger partial charge is 0.496 e. The minimum atomic E-state index is -0.321. The Morgan fingerprint density at radius 2 is 1.65 bits per heavy atom. The molecule has 0 unspecified atom stereocenters. The summed E-state index contributed by atoms with van der Waals surface area (Å²) in [6.45, 7) is 6.29. The van der Waals surface area contributed by atoms with E-state index in [1.807, 2.05) is 12.1 Å². The third kappa shape index (κ3) is 4.65. The molecule has 0 radical (unpaired) electrons. The van der Waals surface area contributed by atoms with Crippen LogP contribution in [0.2, 0.25) is 0 Å². The average Bonchev–Trinajstić information content (AvgIpc) is 2.67. The lowest BCUT2D eigenvalue weighted by Crippen LogP contribution is -2.25. The Kier molecular flexibility index (Phi) is 7.26. The van der Waals surface area contributed by atoms with Crippen molar-refractivity contribution in [3.63, 3.8) is 0 Å². The fraction of sp³-hybridized carbons (Fsp3) is 0.400. The zero-order valence-electron chi connectivity index (χ0n) is 15.9. The second-order valence-electron chi connectivity index (χ2n) is 5.88. The second kappa shape index (κ2) is 9.65. The van der Waals surface area contributed by atoms with Gasteiger partial charge in [-0.05, 0) is 37.1 Å². The molecule has 1 amide bonds. The van der Waals surface area contributed by atoms with Crippen molar-refractivity contribution in [2.24, 2.45) is 0 Å². The number of ether oxygens (including phenoxy) is 2. The van der Waals surface area contributed by atoms with Gasteiger partial charge in [0.2, 0.25) is 0 Å². The Hall–Kier alpha value is -2.76. The number of nitrogens with zero attached hydrogens (tertiary/aromatic N) is 2. The van der Waals surface area contributed by atoms with E-state index in [0.29, 0.717) is 22.9 Å². The van der Waals surface area contributed by atoms with Crippen molar-refractivity contribution in [2.75, 3.05) is 37.5 Å². The highest BCUT2D eigenvalue weighted by Crippen LogP contribution is 2.29. The van der Waals surface area contributed by atoms with Crippen molar-refractivity contribution in [1.82, 2.24) is 4.98 Å². The monoisotopic (exact) mass is 357 g/mol. The summed E-state index contributed by atoms with van der Waals surface area (Å²) in [7, 11) is 3.04. The number of amides is 1. The second-order valence-corrected chi connectivity index (χ2v) is 5.88. The number of benzene rings is 1. The van der Waals surface area contributed by atoms with Crippen molar-refractivity contribution in [3.8, 4) is 11.5 Å². The first kappa shape index (κ1) is 19.6. The van der Waals surface area contributed by atoms with E-state index in [1.54, 1.807) is 24.4 Å². The fourth-order valence-corrected chi connectivity index (χ4v) is 2.81. The van der Waals surface area contributed by atoms with Crippen molar-refractivity contribution in [3.05, 3.63) is 42.1 Å². The number of hydrogen-bond acceptors (Lipinski definition) is 5. The Labute approximate surface area is 155 Å². The van der Waals surface area contributed by atoms with Crippen LogP contribution in [0.25, 0.3) is 0 Å². The first-order valence-corrected chi connectivity index (χ1v) is 8.87. The topological polar surface area (TPSA) is 63.7 Å². The molecular formula is C20H27N3O3. The highest BCUT2D eigenvalue weighted by Gasteiger charge is 2.18. The molecule has 0 bridgehead atoms. The molecule has 0 spiro atoms. The van der Waals surface area contributed by atoms with E-state index in [4.69, 9.17) is 9.47 Å². The number of carbonyl (C=O) groups excluding carboxylic acids is 1. The van der Waals surface area contributed by atoms with Crippen LogP contribution in [0.5, 0.6) is 11.5 Å². The number of rotatable bonds is 9. The van der Waals surface area contributed by atoms with Gasteiger partial charge in [-0.2, -0.15) is 0 Å². The summed E-state index contributed by atoms with van der Waals surface area (Å²) >= 11 is 0. The molecule has 0 aliphatic rings. The Balaban J connectivity index is 2.18. The van der Waals surface area contributed by atoms with E-state index in [9.17, 15) is 4.79 Å². The van der Waals surface area contributed by atoms with Gasteiger partial charge in [0.15, 0.2) is 0 Å². The minimum Gasteiger partial charge on any atom is -0.496 e. The molecule has 1 heterocycles.